The van der Waals surface area contributed by atoms with Gasteiger partial charge in [-0.05, 0) is 36.8 Å². The van der Waals surface area contributed by atoms with Gasteiger partial charge in [0.1, 0.15) is 5.03 Å². The van der Waals surface area contributed by atoms with Crippen molar-refractivity contribution in [1.29, 1.82) is 0 Å². The molecule has 2 nitrogen and oxygen atoms in total. The second kappa shape index (κ2) is 5.14. The van der Waals surface area contributed by atoms with Crippen LogP contribution in [0.1, 0.15) is 18.6 Å². The van der Waals surface area contributed by atoms with Crippen molar-refractivity contribution in [2.24, 2.45) is 0 Å². The van der Waals surface area contributed by atoms with Gasteiger partial charge in [-0.25, -0.2) is 4.98 Å². The molecule has 0 spiro atoms. The molecule has 0 saturated heterocycles. The van der Waals surface area contributed by atoms with Gasteiger partial charge in [-0.2, -0.15) is 0 Å². The van der Waals surface area contributed by atoms with Crippen LogP contribution in [-0.4, -0.2) is 10.1 Å². The number of hydrogen-bond acceptors (Lipinski definition) is 3. The van der Waals surface area contributed by atoms with Gasteiger partial charge in [0.25, 0.3) is 0 Å². The average Bonchev–Trinajstić information content (AvgIpc) is 2.30. The van der Waals surface area contributed by atoms with Gasteiger partial charge >= 0.3 is 0 Å². The molecule has 0 fully saturated rings. The van der Waals surface area contributed by atoms with Crippen LogP contribution in [0.15, 0.2) is 58.6 Å². The second-order valence-electron chi connectivity index (χ2n) is 3.52. The third-order valence-corrected chi connectivity index (χ3v) is 3.15. The van der Waals surface area contributed by atoms with E-state index in [1.165, 1.54) is 0 Å². The summed E-state index contributed by atoms with van der Waals surface area (Å²) < 4.78 is 0. The molecule has 16 heavy (non-hydrogen) atoms. The van der Waals surface area contributed by atoms with E-state index in [1.807, 2.05) is 42.5 Å². The third-order valence-electron chi connectivity index (χ3n) is 2.21. The molecule has 2 rings (SSSR count). The van der Waals surface area contributed by atoms with Crippen molar-refractivity contribution in [3.63, 3.8) is 0 Å². The van der Waals surface area contributed by atoms with Crippen LogP contribution in [0.2, 0.25) is 0 Å². The molecule has 0 saturated carbocycles. The SMILES string of the molecule is C[C@H](O)c1ccnc(Sc2ccccc2)c1. The monoisotopic (exact) mass is 231 g/mol. The lowest BCUT2D eigenvalue weighted by molar-refractivity contribution is 0.199. The minimum Gasteiger partial charge on any atom is -0.389 e. The van der Waals surface area contributed by atoms with Crippen molar-refractivity contribution in [1.82, 2.24) is 4.98 Å². The van der Waals surface area contributed by atoms with E-state index < -0.39 is 6.10 Å². The number of pyridine rings is 1. The summed E-state index contributed by atoms with van der Waals surface area (Å²) in [6.07, 6.45) is 1.28. The highest BCUT2D eigenvalue weighted by molar-refractivity contribution is 7.99. The van der Waals surface area contributed by atoms with E-state index >= 15 is 0 Å². The van der Waals surface area contributed by atoms with Gasteiger partial charge in [-0.15, -0.1) is 0 Å². The highest BCUT2D eigenvalue weighted by atomic mass is 32.2. The summed E-state index contributed by atoms with van der Waals surface area (Å²) in [5, 5.41) is 10.4. The smallest absolute Gasteiger partial charge is 0.101 e. The Hall–Kier alpha value is -1.32. The van der Waals surface area contributed by atoms with Crippen LogP contribution in [0, 0.1) is 0 Å². The number of aliphatic hydroxyl groups is 1. The fourth-order valence-electron chi connectivity index (χ4n) is 1.35. The van der Waals surface area contributed by atoms with Crippen LogP contribution in [0.25, 0.3) is 0 Å². The van der Waals surface area contributed by atoms with Crippen LogP contribution in [0.4, 0.5) is 0 Å². The Morgan fingerprint density at radius 2 is 1.94 bits per heavy atom. The Morgan fingerprint density at radius 1 is 1.19 bits per heavy atom. The Labute approximate surface area is 99.4 Å². The van der Waals surface area contributed by atoms with E-state index in [4.69, 9.17) is 0 Å². The zero-order valence-corrected chi connectivity index (χ0v) is 9.82. The molecule has 0 aliphatic carbocycles. The minimum absolute atomic E-state index is 0.446. The predicted molar refractivity (Wildman–Crippen MR) is 65.4 cm³/mol. The van der Waals surface area contributed by atoms with Gasteiger partial charge in [-0.1, -0.05) is 30.0 Å². The van der Waals surface area contributed by atoms with Gasteiger partial charge in [0.05, 0.1) is 6.10 Å². The van der Waals surface area contributed by atoms with E-state index in [-0.39, 0.29) is 0 Å². The number of rotatable bonds is 3. The molecule has 0 amide bonds. The largest absolute Gasteiger partial charge is 0.389 e. The molecule has 0 aliphatic heterocycles. The number of aliphatic hydroxyl groups excluding tert-OH is 1. The van der Waals surface area contributed by atoms with Crippen molar-refractivity contribution < 1.29 is 5.11 Å². The van der Waals surface area contributed by atoms with Crippen molar-refractivity contribution in [2.75, 3.05) is 0 Å². The Morgan fingerprint density at radius 3 is 2.62 bits per heavy atom. The van der Waals surface area contributed by atoms with Crippen LogP contribution in [0.3, 0.4) is 0 Å². The second-order valence-corrected chi connectivity index (χ2v) is 4.61. The molecular weight excluding hydrogens is 218 g/mol. The number of hydrogen-bond donors (Lipinski definition) is 1. The normalized spacial score (nSPS) is 12.4. The maximum Gasteiger partial charge on any atom is 0.101 e. The Bertz CT molecular complexity index is 456. The molecule has 1 N–H and O–H groups in total. The summed E-state index contributed by atoms with van der Waals surface area (Å²) in [7, 11) is 0. The van der Waals surface area contributed by atoms with Crippen LogP contribution in [-0.2, 0) is 0 Å². The van der Waals surface area contributed by atoms with Crippen LogP contribution in [0.5, 0.6) is 0 Å². The molecular formula is C13H13NOS. The van der Waals surface area contributed by atoms with Crippen molar-refractivity contribution in [2.45, 2.75) is 22.9 Å². The van der Waals surface area contributed by atoms with Crippen LogP contribution >= 0.6 is 11.8 Å². The van der Waals surface area contributed by atoms with Gasteiger partial charge in [0.2, 0.25) is 0 Å². The lowest BCUT2D eigenvalue weighted by Gasteiger charge is -2.06. The highest BCUT2D eigenvalue weighted by Gasteiger charge is 2.03. The molecule has 0 bridgehead atoms. The zero-order chi connectivity index (χ0) is 11.4. The topological polar surface area (TPSA) is 33.1 Å². The quantitative estimate of drug-likeness (QED) is 0.880. The van der Waals surface area contributed by atoms with Gasteiger partial charge in [0, 0.05) is 11.1 Å². The number of nitrogens with zero attached hydrogens (tertiary/aromatic N) is 1. The van der Waals surface area contributed by atoms with E-state index in [0.717, 1.165) is 15.5 Å². The predicted octanol–water partition coefficient (Wildman–Crippen LogP) is 3.29. The molecule has 1 aromatic carbocycles. The fourth-order valence-corrected chi connectivity index (χ4v) is 2.19. The van der Waals surface area contributed by atoms with E-state index in [2.05, 4.69) is 4.98 Å². The summed E-state index contributed by atoms with van der Waals surface area (Å²) >= 11 is 1.60. The first-order valence-corrected chi connectivity index (χ1v) is 5.94. The molecule has 0 radical (unpaired) electrons. The van der Waals surface area contributed by atoms with Crippen molar-refractivity contribution >= 4 is 11.8 Å². The van der Waals surface area contributed by atoms with Crippen molar-refractivity contribution in [3.8, 4) is 0 Å². The Kier molecular flexibility index (Phi) is 3.59. The van der Waals surface area contributed by atoms with Gasteiger partial charge in [-0.3, -0.25) is 0 Å². The molecule has 2 aromatic rings. The molecule has 3 heteroatoms. The summed E-state index contributed by atoms with van der Waals surface area (Å²) in [5.41, 5.74) is 0.897. The molecule has 1 atom stereocenters. The lowest BCUT2D eigenvalue weighted by Crippen LogP contribution is -1.92. The molecule has 0 unspecified atom stereocenters. The molecule has 1 aromatic heterocycles. The van der Waals surface area contributed by atoms with Crippen LogP contribution < -0.4 is 0 Å². The summed E-state index contributed by atoms with van der Waals surface area (Å²) in [6, 6.07) is 13.8. The molecule has 82 valence electrons. The summed E-state index contributed by atoms with van der Waals surface area (Å²) in [6.45, 7) is 1.76. The summed E-state index contributed by atoms with van der Waals surface area (Å²) in [5.74, 6) is 0. The third kappa shape index (κ3) is 2.84. The maximum absolute atomic E-state index is 9.48. The number of benzene rings is 1. The van der Waals surface area contributed by atoms with E-state index in [9.17, 15) is 5.11 Å². The first-order chi connectivity index (χ1) is 7.75. The van der Waals surface area contributed by atoms with Gasteiger partial charge in [0.15, 0.2) is 0 Å². The standard InChI is InChI=1S/C13H13NOS/c1-10(15)11-7-8-14-13(9-11)16-12-5-3-2-4-6-12/h2-10,15H,1H3/t10-/m0/s1. The fraction of sp³-hybridized carbons (Fsp3) is 0.154. The minimum atomic E-state index is -0.446. The summed E-state index contributed by atoms with van der Waals surface area (Å²) in [4.78, 5) is 5.42. The van der Waals surface area contributed by atoms with E-state index in [0.29, 0.717) is 0 Å². The van der Waals surface area contributed by atoms with Crippen molar-refractivity contribution in [3.05, 3.63) is 54.2 Å². The Balaban J connectivity index is 2.19. The first-order valence-electron chi connectivity index (χ1n) is 5.12. The lowest BCUT2D eigenvalue weighted by atomic mass is 10.2. The van der Waals surface area contributed by atoms with E-state index in [1.54, 1.807) is 24.9 Å². The molecule has 0 aliphatic rings. The number of aromatic nitrogens is 1. The average molecular weight is 231 g/mol. The molecule has 1 heterocycles. The first kappa shape index (κ1) is 11.2. The van der Waals surface area contributed by atoms with Gasteiger partial charge < -0.3 is 5.11 Å². The highest BCUT2D eigenvalue weighted by Crippen LogP contribution is 2.27. The zero-order valence-electron chi connectivity index (χ0n) is 9.00. The maximum atomic E-state index is 9.48.